The topological polar surface area (TPSA) is 105 Å². The van der Waals surface area contributed by atoms with Crippen LogP contribution in [0.1, 0.15) is 36.3 Å². The molecule has 3 N–H and O–H groups in total. The molecule has 7 heteroatoms. The van der Waals surface area contributed by atoms with E-state index >= 15 is 0 Å². The van der Waals surface area contributed by atoms with E-state index in [1.165, 1.54) is 0 Å². The average Bonchev–Trinajstić information content (AvgIpc) is 3.55. The molecule has 1 atom stereocenters. The fourth-order valence-corrected chi connectivity index (χ4v) is 4.08. The second kappa shape index (κ2) is 9.56. The van der Waals surface area contributed by atoms with Gasteiger partial charge in [0.25, 0.3) is 0 Å². The van der Waals surface area contributed by atoms with E-state index in [9.17, 15) is 14.4 Å². The van der Waals surface area contributed by atoms with Crippen LogP contribution < -0.4 is 10.6 Å². The van der Waals surface area contributed by atoms with E-state index in [2.05, 4.69) is 28.7 Å². The number of ether oxygens (including phenoxy) is 1. The van der Waals surface area contributed by atoms with Crippen LogP contribution in [0.2, 0.25) is 0 Å². The summed E-state index contributed by atoms with van der Waals surface area (Å²) in [6.45, 7) is 0.0698. The number of fused-ring (bicyclic) bond motifs is 3. The highest BCUT2D eigenvalue weighted by atomic mass is 16.5. The molecule has 4 rings (SSSR count). The van der Waals surface area contributed by atoms with Gasteiger partial charge in [0, 0.05) is 11.8 Å². The lowest BCUT2D eigenvalue weighted by atomic mass is 9.98. The summed E-state index contributed by atoms with van der Waals surface area (Å²) in [6, 6.07) is 15.4. The molecule has 1 saturated carbocycles. The first kappa shape index (κ1) is 21.4. The zero-order valence-corrected chi connectivity index (χ0v) is 17.5. The molecule has 2 amide bonds. The van der Waals surface area contributed by atoms with Crippen molar-refractivity contribution in [1.82, 2.24) is 10.6 Å². The van der Waals surface area contributed by atoms with Gasteiger partial charge in [-0.25, -0.2) is 9.59 Å². The average molecular weight is 432 g/mol. The molecule has 0 heterocycles. The van der Waals surface area contributed by atoms with Crippen molar-refractivity contribution in [2.24, 2.45) is 5.92 Å². The van der Waals surface area contributed by atoms with E-state index in [-0.39, 0.29) is 19.1 Å². The third-order valence-corrected chi connectivity index (χ3v) is 5.76. The highest BCUT2D eigenvalue weighted by Crippen LogP contribution is 2.44. The third-order valence-electron chi connectivity index (χ3n) is 5.76. The Morgan fingerprint density at radius 1 is 1.03 bits per heavy atom. The number of benzene rings is 2. The Labute approximate surface area is 186 Å². The molecule has 0 radical (unpaired) electrons. The largest absolute Gasteiger partial charge is 0.472 e. The number of hydrogen-bond donors (Lipinski definition) is 3. The molecule has 0 aromatic heterocycles. The van der Waals surface area contributed by atoms with Gasteiger partial charge in [-0.1, -0.05) is 67.3 Å². The van der Waals surface area contributed by atoms with Crippen molar-refractivity contribution >= 4 is 18.0 Å². The summed E-state index contributed by atoms with van der Waals surface area (Å²) in [4.78, 5) is 35.5. The number of hydrogen-bond acceptors (Lipinski definition) is 4. The maximum atomic E-state index is 12.5. The van der Waals surface area contributed by atoms with E-state index in [4.69, 9.17) is 9.84 Å². The summed E-state index contributed by atoms with van der Waals surface area (Å²) in [5, 5.41) is 13.8. The van der Waals surface area contributed by atoms with Gasteiger partial charge in [-0.15, -0.1) is 0 Å². The Morgan fingerprint density at radius 3 is 2.25 bits per heavy atom. The van der Waals surface area contributed by atoms with Crippen LogP contribution in [0.5, 0.6) is 0 Å². The van der Waals surface area contributed by atoms with Crippen LogP contribution in [0.3, 0.4) is 0 Å². The monoisotopic (exact) mass is 432 g/mol. The predicted octanol–water partition coefficient (Wildman–Crippen LogP) is 2.90. The number of nitrogens with one attached hydrogen (secondary N) is 2. The number of alkyl carbamates (subject to hydrolysis) is 1. The van der Waals surface area contributed by atoms with Gasteiger partial charge in [-0.3, -0.25) is 4.79 Å². The summed E-state index contributed by atoms with van der Waals surface area (Å²) in [7, 11) is 0. The first-order valence-electron chi connectivity index (χ1n) is 10.6. The molecule has 7 nitrogen and oxygen atoms in total. The molecular weight excluding hydrogens is 408 g/mol. The lowest BCUT2D eigenvalue weighted by molar-refractivity contribution is -0.130. The highest BCUT2D eigenvalue weighted by Gasteiger charge is 2.32. The fraction of sp³-hybridized carbons (Fsp3) is 0.320. The molecule has 164 valence electrons. The van der Waals surface area contributed by atoms with Crippen molar-refractivity contribution in [3.63, 3.8) is 0 Å². The minimum Gasteiger partial charge on any atom is -0.472 e. The van der Waals surface area contributed by atoms with E-state index in [1.807, 2.05) is 42.3 Å². The number of carboxylic acid groups (broad SMARTS) is 1. The number of carbonyl (C=O) groups is 3. The van der Waals surface area contributed by atoms with Gasteiger partial charge < -0.3 is 20.5 Å². The van der Waals surface area contributed by atoms with Gasteiger partial charge >= 0.3 is 12.1 Å². The van der Waals surface area contributed by atoms with Crippen molar-refractivity contribution in [1.29, 1.82) is 0 Å². The summed E-state index contributed by atoms with van der Waals surface area (Å²) >= 11 is 0. The van der Waals surface area contributed by atoms with Gasteiger partial charge in [0.05, 0.1) is 6.54 Å². The lowest BCUT2D eigenvalue weighted by Crippen LogP contribution is -2.47. The maximum absolute atomic E-state index is 12.5. The quantitative estimate of drug-likeness (QED) is 0.584. The van der Waals surface area contributed by atoms with E-state index < -0.39 is 24.0 Å². The summed E-state index contributed by atoms with van der Waals surface area (Å²) in [6.07, 6.45) is 1.91. The lowest BCUT2D eigenvalue weighted by Gasteiger charge is -2.19. The number of amides is 2. The second-order valence-corrected chi connectivity index (χ2v) is 8.03. The minimum absolute atomic E-state index is 0.0600. The van der Waals surface area contributed by atoms with Gasteiger partial charge in [-0.2, -0.15) is 0 Å². The van der Waals surface area contributed by atoms with Crippen LogP contribution in [0.4, 0.5) is 4.79 Å². The van der Waals surface area contributed by atoms with E-state index in [0.717, 1.165) is 35.1 Å². The summed E-state index contributed by atoms with van der Waals surface area (Å²) in [5.74, 6) is 2.97. The normalized spacial score (nSPS) is 14.9. The molecular formula is C25H24N2O5. The summed E-state index contributed by atoms with van der Waals surface area (Å²) < 4.78 is 5.54. The first-order valence-corrected chi connectivity index (χ1v) is 10.6. The van der Waals surface area contributed by atoms with E-state index in [1.54, 1.807) is 0 Å². The van der Waals surface area contributed by atoms with Crippen LogP contribution in [0.15, 0.2) is 48.5 Å². The molecule has 32 heavy (non-hydrogen) atoms. The van der Waals surface area contributed by atoms with Gasteiger partial charge in [0.15, 0.2) is 0 Å². The standard InChI is InChI=1S/C25H24N2O5/c28-23(29)10-5-13-26-24(30)22(14-16-11-12-16)27-25(31)32-15-21-19-8-3-1-6-17(19)18-7-2-4-9-20(18)21/h1-4,6-9,16,21-22H,11-15H2,(H,26,30)(H,27,31)(H,28,29). The van der Waals surface area contributed by atoms with E-state index in [0.29, 0.717) is 12.3 Å². The van der Waals surface area contributed by atoms with Crippen molar-refractivity contribution in [2.75, 3.05) is 13.2 Å². The highest BCUT2D eigenvalue weighted by molar-refractivity contribution is 5.87. The fourth-order valence-electron chi connectivity index (χ4n) is 4.08. The first-order chi connectivity index (χ1) is 15.5. The molecule has 2 aromatic carbocycles. The Balaban J connectivity index is 1.37. The maximum Gasteiger partial charge on any atom is 0.407 e. The zero-order valence-electron chi connectivity index (χ0n) is 17.5. The number of carbonyl (C=O) groups excluding carboxylic acids is 2. The number of rotatable bonds is 7. The molecule has 2 aliphatic carbocycles. The van der Waals surface area contributed by atoms with Gasteiger partial charge in [-0.05, 0) is 34.6 Å². The molecule has 2 aliphatic rings. The molecule has 2 aromatic rings. The molecule has 0 bridgehead atoms. The minimum atomic E-state index is -1.26. The molecule has 0 saturated heterocycles. The second-order valence-electron chi connectivity index (χ2n) is 8.03. The Hall–Kier alpha value is -3.79. The smallest absolute Gasteiger partial charge is 0.407 e. The molecule has 1 fully saturated rings. The Bertz CT molecular complexity index is 1050. The third kappa shape index (κ3) is 5.09. The van der Waals surface area contributed by atoms with Crippen molar-refractivity contribution in [3.05, 3.63) is 59.7 Å². The van der Waals surface area contributed by atoms with Gasteiger partial charge in [0.1, 0.15) is 12.6 Å². The zero-order chi connectivity index (χ0) is 22.5. The van der Waals surface area contributed by atoms with Crippen molar-refractivity contribution < 1.29 is 24.2 Å². The van der Waals surface area contributed by atoms with Crippen LogP contribution >= 0.6 is 0 Å². The van der Waals surface area contributed by atoms with Crippen LogP contribution in [-0.2, 0) is 14.3 Å². The van der Waals surface area contributed by atoms with Crippen molar-refractivity contribution in [2.45, 2.75) is 31.2 Å². The van der Waals surface area contributed by atoms with Crippen LogP contribution in [0, 0.1) is 17.8 Å². The Kier molecular flexibility index (Phi) is 6.41. The number of aliphatic carboxylic acids is 1. The number of carboxylic acids is 1. The molecule has 0 spiro atoms. The van der Waals surface area contributed by atoms with Crippen LogP contribution in [-0.4, -0.2) is 42.3 Å². The SMILES string of the molecule is O=C(O)C#CCNC(=O)C(CC1CC1)NC(=O)OCC1c2ccccc2-c2ccccc21. The molecule has 0 aliphatic heterocycles. The van der Waals surface area contributed by atoms with Crippen molar-refractivity contribution in [3.8, 4) is 23.0 Å². The molecule has 1 unspecified atom stereocenters. The van der Waals surface area contributed by atoms with Crippen LogP contribution in [0.25, 0.3) is 11.1 Å². The Morgan fingerprint density at radius 2 is 1.66 bits per heavy atom. The predicted molar refractivity (Wildman–Crippen MR) is 118 cm³/mol. The summed E-state index contributed by atoms with van der Waals surface area (Å²) in [5.41, 5.74) is 4.52. The van der Waals surface area contributed by atoms with Gasteiger partial charge in [0.2, 0.25) is 5.91 Å².